The average molecular weight is 329 g/mol. The molecule has 0 aliphatic carbocycles. The SMILES string of the molecule is CCOC(=O)N1CCN(C(=O)Cc2c[nH]c3cc(C)ccc23)CC1. The molecule has 1 aromatic carbocycles. The normalized spacial score (nSPS) is 14.9. The molecule has 1 aromatic heterocycles. The summed E-state index contributed by atoms with van der Waals surface area (Å²) in [5, 5.41) is 1.10. The number of hydrogen-bond acceptors (Lipinski definition) is 3. The van der Waals surface area contributed by atoms with Crippen LogP contribution in [0.25, 0.3) is 10.9 Å². The molecule has 1 aliphatic heterocycles. The van der Waals surface area contributed by atoms with Crippen molar-refractivity contribution >= 4 is 22.9 Å². The monoisotopic (exact) mass is 329 g/mol. The summed E-state index contributed by atoms with van der Waals surface area (Å²) in [6, 6.07) is 6.20. The van der Waals surface area contributed by atoms with Crippen molar-refractivity contribution in [2.75, 3.05) is 32.8 Å². The molecule has 0 atom stereocenters. The van der Waals surface area contributed by atoms with E-state index in [2.05, 4.69) is 23.2 Å². The second-order valence-electron chi connectivity index (χ2n) is 6.11. The lowest BCUT2D eigenvalue weighted by atomic mass is 10.1. The Bertz CT molecular complexity index is 745. The van der Waals surface area contributed by atoms with Gasteiger partial charge in [-0.2, -0.15) is 0 Å². The first-order chi connectivity index (χ1) is 11.6. The van der Waals surface area contributed by atoms with Crippen LogP contribution in [0.5, 0.6) is 0 Å². The van der Waals surface area contributed by atoms with Gasteiger partial charge in [0.15, 0.2) is 0 Å². The Balaban J connectivity index is 1.60. The molecule has 0 radical (unpaired) electrons. The van der Waals surface area contributed by atoms with E-state index in [0.717, 1.165) is 16.5 Å². The van der Waals surface area contributed by atoms with Gasteiger partial charge in [-0.15, -0.1) is 0 Å². The highest BCUT2D eigenvalue weighted by Gasteiger charge is 2.25. The molecule has 128 valence electrons. The fraction of sp³-hybridized carbons (Fsp3) is 0.444. The number of benzene rings is 1. The first-order valence-electron chi connectivity index (χ1n) is 8.34. The summed E-state index contributed by atoms with van der Waals surface area (Å²) in [5.41, 5.74) is 3.27. The molecule has 2 heterocycles. The van der Waals surface area contributed by atoms with Gasteiger partial charge in [-0.3, -0.25) is 4.79 Å². The van der Waals surface area contributed by atoms with Crippen LogP contribution in [0.4, 0.5) is 4.79 Å². The summed E-state index contributed by atoms with van der Waals surface area (Å²) < 4.78 is 5.00. The molecule has 0 bridgehead atoms. The highest BCUT2D eigenvalue weighted by Crippen LogP contribution is 2.20. The van der Waals surface area contributed by atoms with E-state index in [-0.39, 0.29) is 12.0 Å². The van der Waals surface area contributed by atoms with Gasteiger partial charge in [0.05, 0.1) is 13.0 Å². The fourth-order valence-electron chi connectivity index (χ4n) is 3.07. The minimum Gasteiger partial charge on any atom is -0.450 e. The van der Waals surface area contributed by atoms with Crippen molar-refractivity contribution in [2.45, 2.75) is 20.3 Å². The number of ether oxygens (including phenoxy) is 1. The summed E-state index contributed by atoms with van der Waals surface area (Å²) >= 11 is 0. The third-order valence-corrected chi connectivity index (χ3v) is 4.42. The van der Waals surface area contributed by atoms with E-state index < -0.39 is 0 Å². The number of aromatic amines is 1. The molecule has 2 amide bonds. The van der Waals surface area contributed by atoms with Gasteiger partial charge in [0.25, 0.3) is 0 Å². The lowest BCUT2D eigenvalue weighted by Gasteiger charge is -2.34. The Morgan fingerprint density at radius 2 is 1.88 bits per heavy atom. The number of carbonyl (C=O) groups excluding carboxylic acids is 2. The molecule has 0 unspecified atom stereocenters. The van der Waals surface area contributed by atoms with Gasteiger partial charge >= 0.3 is 6.09 Å². The van der Waals surface area contributed by atoms with Gasteiger partial charge in [-0.05, 0) is 31.0 Å². The molecule has 2 aromatic rings. The lowest BCUT2D eigenvalue weighted by molar-refractivity contribution is -0.132. The van der Waals surface area contributed by atoms with Gasteiger partial charge in [0, 0.05) is 43.3 Å². The number of hydrogen-bond donors (Lipinski definition) is 1. The zero-order valence-electron chi connectivity index (χ0n) is 14.2. The largest absolute Gasteiger partial charge is 0.450 e. The average Bonchev–Trinajstić information content (AvgIpc) is 2.97. The van der Waals surface area contributed by atoms with Gasteiger partial charge in [0.2, 0.25) is 5.91 Å². The summed E-state index contributed by atoms with van der Waals surface area (Å²) in [6.45, 7) is 6.38. The Morgan fingerprint density at radius 1 is 1.17 bits per heavy atom. The van der Waals surface area contributed by atoms with Gasteiger partial charge in [-0.1, -0.05) is 12.1 Å². The maximum absolute atomic E-state index is 12.6. The number of H-pyrrole nitrogens is 1. The molecule has 1 N–H and O–H groups in total. The second kappa shape index (κ2) is 6.95. The van der Waals surface area contributed by atoms with E-state index in [1.54, 1.807) is 11.8 Å². The molecule has 24 heavy (non-hydrogen) atoms. The van der Waals surface area contributed by atoms with Crippen LogP contribution in [-0.2, 0) is 16.0 Å². The van der Waals surface area contributed by atoms with Crippen molar-refractivity contribution < 1.29 is 14.3 Å². The minimum absolute atomic E-state index is 0.0972. The van der Waals surface area contributed by atoms with Crippen molar-refractivity contribution in [1.82, 2.24) is 14.8 Å². The minimum atomic E-state index is -0.295. The van der Waals surface area contributed by atoms with Crippen LogP contribution >= 0.6 is 0 Å². The molecular formula is C18H23N3O3. The van der Waals surface area contributed by atoms with Crippen LogP contribution < -0.4 is 0 Å². The quantitative estimate of drug-likeness (QED) is 0.940. The zero-order valence-corrected chi connectivity index (χ0v) is 14.2. The van der Waals surface area contributed by atoms with Crippen LogP contribution in [0.2, 0.25) is 0 Å². The highest BCUT2D eigenvalue weighted by molar-refractivity contribution is 5.89. The van der Waals surface area contributed by atoms with Crippen molar-refractivity contribution in [3.63, 3.8) is 0 Å². The number of nitrogens with zero attached hydrogens (tertiary/aromatic N) is 2. The molecule has 6 heteroatoms. The molecule has 0 spiro atoms. The predicted molar refractivity (Wildman–Crippen MR) is 91.9 cm³/mol. The first kappa shape index (κ1) is 16.4. The molecule has 0 saturated carbocycles. The third kappa shape index (κ3) is 3.37. The van der Waals surface area contributed by atoms with Crippen LogP contribution in [0.15, 0.2) is 24.4 Å². The topological polar surface area (TPSA) is 65.6 Å². The van der Waals surface area contributed by atoms with Crippen LogP contribution in [0.3, 0.4) is 0 Å². The second-order valence-corrected chi connectivity index (χ2v) is 6.11. The van der Waals surface area contributed by atoms with Crippen molar-refractivity contribution in [3.05, 3.63) is 35.5 Å². The molecule has 1 fully saturated rings. The highest BCUT2D eigenvalue weighted by atomic mass is 16.6. The summed E-state index contributed by atoms with van der Waals surface area (Å²) in [7, 11) is 0. The predicted octanol–water partition coefficient (Wildman–Crippen LogP) is 2.32. The summed E-state index contributed by atoms with van der Waals surface area (Å²) in [5.74, 6) is 0.0972. The van der Waals surface area contributed by atoms with Gasteiger partial charge in [0.1, 0.15) is 0 Å². The smallest absolute Gasteiger partial charge is 0.409 e. The van der Waals surface area contributed by atoms with Crippen molar-refractivity contribution in [2.24, 2.45) is 0 Å². The standard InChI is InChI=1S/C18H23N3O3/c1-3-24-18(23)21-8-6-20(7-9-21)17(22)11-14-12-19-16-10-13(2)4-5-15(14)16/h4-5,10,12,19H,3,6-9,11H2,1-2H3. The van der Waals surface area contributed by atoms with Gasteiger partial charge < -0.3 is 19.5 Å². The van der Waals surface area contributed by atoms with E-state index in [1.165, 1.54) is 5.56 Å². The van der Waals surface area contributed by atoms with Crippen molar-refractivity contribution in [1.29, 1.82) is 0 Å². The Labute approximate surface area is 141 Å². The molecule has 1 aliphatic rings. The molecular weight excluding hydrogens is 306 g/mol. The van der Waals surface area contributed by atoms with E-state index in [1.807, 2.05) is 18.0 Å². The molecule has 6 nitrogen and oxygen atoms in total. The Morgan fingerprint density at radius 3 is 2.58 bits per heavy atom. The van der Waals surface area contributed by atoms with E-state index in [4.69, 9.17) is 4.74 Å². The third-order valence-electron chi connectivity index (χ3n) is 4.42. The lowest BCUT2D eigenvalue weighted by Crippen LogP contribution is -2.51. The van der Waals surface area contributed by atoms with E-state index >= 15 is 0 Å². The van der Waals surface area contributed by atoms with E-state index in [9.17, 15) is 9.59 Å². The number of aromatic nitrogens is 1. The van der Waals surface area contributed by atoms with Gasteiger partial charge in [-0.25, -0.2) is 4.79 Å². The number of aryl methyl sites for hydroxylation is 1. The fourth-order valence-corrected chi connectivity index (χ4v) is 3.07. The molecule has 1 saturated heterocycles. The zero-order chi connectivity index (χ0) is 17.1. The van der Waals surface area contributed by atoms with Crippen LogP contribution in [-0.4, -0.2) is 59.6 Å². The number of amides is 2. The number of carbonyl (C=O) groups is 2. The Hall–Kier alpha value is -2.50. The van der Waals surface area contributed by atoms with Crippen LogP contribution in [0, 0.1) is 6.92 Å². The number of piperazine rings is 1. The summed E-state index contributed by atoms with van der Waals surface area (Å²) in [4.78, 5) is 31.0. The maximum atomic E-state index is 12.6. The van der Waals surface area contributed by atoms with Crippen molar-refractivity contribution in [3.8, 4) is 0 Å². The summed E-state index contributed by atoms with van der Waals surface area (Å²) in [6.07, 6.45) is 2.00. The Kier molecular flexibility index (Phi) is 4.74. The number of nitrogens with one attached hydrogen (secondary N) is 1. The first-order valence-corrected chi connectivity index (χ1v) is 8.34. The number of fused-ring (bicyclic) bond motifs is 1. The van der Waals surface area contributed by atoms with Crippen LogP contribution in [0.1, 0.15) is 18.1 Å². The van der Waals surface area contributed by atoms with E-state index in [0.29, 0.717) is 39.2 Å². The molecule has 3 rings (SSSR count). The number of rotatable bonds is 3. The maximum Gasteiger partial charge on any atom is 0.409 e.